The van der Waals surface area contributed by atoms with Crippen LogP contribution in [-0.2, 0) is 11.3 Å². The number of hydrogen-bond acceptors (Lipinski definition) is 4. The zero-order chi connectivity index (χ0) is 15.1. The Bertz CT molecular complexity index is 570. The van der Waals surface area contributed by atoms with Crippen molar-refractivity contribution >= 4 is 11.7 Å². The molecule has 7 nitrogen and oxygen atoms in total. The van der Waals surface area contributed by atoms with Gasteiger partial charge >= 0.3 is 6.03 Å². The highest BCUT2D eigenvalue weighted by Crippen LogP contribution is 2.09. The first-order chi connectivity index (χ1) is 10.2. The summed E-state index contributed by atoms with van der Waals surface area (Å²) in [6.07, 6.45) is 5.05. The van der Waals surface area contributed by atoms with Crippen molar-refractivity contribution in [3.8, 4) is 0 Å². The van der Waals surface area contributed by atoms with Crippen LogP contribution in [-0.4, -0.2) is 34.5 Å². The number of methoxy groups -OCH3 is 1. The molecule has 21 heavy (non-hydrogen) atoms. The molecule has 0 aliphatic carbocycles. The summed E-state index contributed by atoms with van der Waals surface area (Å²) in [4.78, 5) is 16.1. The number of pyridine rings is 1. The Morgan fingerprint density at radius 1 is 1.48 bits per heavy atom. The molecule has 2 heterocycles. The minimum Gasteiger partial charge on any atom is -0.383 e. The summed E-state index contributed by atoms with van der Waals surface area (Å²) in [5.41, 5.74) is 1.44. The molecule has 0 aliphatic heterocycles. The number of aromatic nitrogens is 3. The van der Waals surface area contributed by atoms with E-state index in [1.165, 1.54) is 0 Å². The van der Waals surface area contributed by atoms with Crippen LogP contribution in [0.5, 0.6) is 0 Å². The molecule has 2 rings (SSSR count). The predicted octanol–water partition coefficient (Wildman–Crippen LogP) is 1.81. The molecule has 0 saturated carbocycles. The number of carbonyl (C=O) groups excluding carboxylic acids is 1. The lowest BCUT2D eigenvalue weighted by Crippen LogP contribution is -2.31. The fourth-order valence-corrected chi connectivity index (χ4v) is 1.81. The molecular formula is C14H19N5O2. The molecule has 0 spiro atoms. The van der Waals surface area contributed by atoms with E-state index in [9.17, 15) is 4.79 Å². The van der Waals surface area contributed by atoms with Crippen LogP contribution in [0.3, 0.4) is 0 Å². The topological polar surface area (TPSA) is 81.1 Å². The van der Waals surface area contributed by atoms with E-state index < -0.39 is 0 Å². The Hall–Kier alpha value is -2.41. The molecule has 1 atom stereocenters. The average molecular weight is 289 g/mol. The lowest BCUT2D eigenvalue weighted by molar-refractivity contribution is 0.183. The molecule has 112 valence electrons. The first-order valence-corrected chi connectivity index (χ1v) is 6.69. The highest BCUT2D eigenvalue weighted by Gasteiger charge is 2.10. The summed E-state index contributed by atoms with van der Waals surface area (Å²) < 4.78 is 6.68. The molecule has 2 N–H and O–H groups in total. The van der Waals surface area contributed by atoms with Crippen molar-refractivity contribution in [3.05, 3.63) is 42.5 Å². The first kappa shape index (κ1) is 15.0. The van der Waals surface area contributed by atoms with E-state index in [1.54, 1.807) is 30.4 Å². The minimum atomic E-state index is -0.292. The number of carbonyl (C=O) groups is 1. The molecule has 2 aromatic heterocycles. The summed E-state index contributed by atoms with van der Waals surface area (Å²) in [7, 11) is 1.63. The molecule has 0 saturated heterocycles. The second kappa shape index (κ2) is 7.39. The molecule has 0 aromatic carbocycles. The van der Waals surface area contributed by atoms with E-state index in [0.717, 1.165) is 5.69 Å². The maximum Gasteiger partial charge on any atom is 0.319 e. The van der Waals surface area contributed by atoms with Crippen LogP contribution in [0.25, 0.3) is 0 Å². The van der Waals surface area contributed by atoms with E-state index in [4.69, 9.17) is 4.74 Å². The predicted molar refractivity (Wildman–Crippen MR) is 78.9 cm³/mol. The second-order valence-electron chi connectivity index (χ2n) is 4.56. The highest BCUT2D eigenvalue weighted by atomic mass is 16.5. The van der Waals surface area contributed by atoms with Gasteiger partial charge in [0.2, 0.25) is 0 Å². The van der Waals surface area contributed by atoms with E-state index in [0.29, 0.717) is 18.8 Å². The minimum absolute atomic E-state index is 0.172. The van der Waals surface area contributed by atoms with Gasteiger partial charge in [-0.15, -0.1) is 0 Å². The molecule has 0 radical (unpaired) electrons. The van der Waals surface area contributed by atoms with Crippen molar-refractivity contribution in [1.29, 1.82) is 0 Å². The van der Waals surface area contributed by atoms with E-state index in [1.807, 2.05) is 25.1 Å². The SMILES string of the molecule is COCCn1cc(NC(=O)NC(C)c2ccccn2)cn1. The summed E-state index contributed by atoms with van der Waals surface area (Å²) in [6, 6.07) is 5.13. The van der Waals surface area contributed by atoms with Crippen LogP contribution in [0.15, 0.2) is 36.8 Å². The van der Waals surface area contributed by atoms with Gasteiger partial charge in [-0.3, -0.25) is 9.67 Å². The Kier molecular flexibility index (Phi) is 5.28. The van der Waals surface area contributed by atoms with Crippen molar-refractivity contribution in [2.75, 3.05) is 19.0 Å². The number of ether oxygens (including phenoxy) is 1. The average Bonchev–Trinajstić information content (AvgIpc) is 2.93. The third-order valence-electron chi connectivity index (χ3n) is 2.89. The largest absolute Gasteiger partial charge is 0.383 e. The molecule has 0 bridgehead atoms. The van der Waals surface area contributed by atoms with E-state index in [2.05, 4.69) is 20.7 Å². The standard InChI is InChI=1S/C14H19N5O2/c1-11(13-5-3-4-6-15-13)17-14(20)18-12-9-16-19(10-12)7-8-21-2/h3-6,9-11H,7-8H2,1-2H3,(H2,17,18,20). The van der Waals surface area contributed by atoms with Gasteiger partial charge in [-0.1, -0.05) is 6.07 Å². The molecule has 0 aliphatic rings. The third-order valence-corrected chi connectivity index (χ3v) is 2.89. The first-order valence-electron chi connectivity index (χ1n) is 6.69. The normalized spacial score (nSPS) is 11.9. The number of urea groups is 1. The van der Waals surface area contributed by atoms with Gasteiger partial charge in [0.05, 0.1) is 36.8 Å². The Labute approximate surface area is 123 Å². The molecule has 7 heteroatoms. The summed E-state index contributed by atoms with van der Waals surface area (Å²) >= 11 is 0. The van der Waals surface area contributed by atoms with Crippen LogP contribution in [0.4, 0.5) is 10.5 Å². The number of hydrogen-bond donors (Lipinski definition) is 2. The van der Waals surface area contributed by atoms with Gasteiger partial charge in [0.1, 0.15) is 0 Å². The molecule has 0 fully saturated rings. The quantitative estimate of drug-likeness (QED) is 0.849. The number of rotatable bonds is 6. The van der Waals surface area contributed by atoms with Crippen LogP contribution in [0, 0.1) is 0 Å². The highest BCUT2D eigenvalue weighted by molar-refractivity contribution is 5.89. The zero-order valence-electron chi connectivity index (χ0n) is 12.1. The van der Waals surface area contributed by atoms with E-state index >= 15 is 0 Å². The van der Waals surface area contributed by atoms with Crippen molar-refractivity contribution in [1.82, 2.24) is 20.1 Å². The fourth-order valence-electron chi connectivity index (χ4n) is 1.81. The number of nitrogens with one attached hydrogen (secondary N) is 2. The molecule has 2 aromatic rings. The van der Waals surface area contributed by atoms with Crippen molar-refractivity contribution < 1.29 is 9.53 Å². The van der Waals surface area contributed by atoms with Crippen LogP contribution >= 0.6 is 0 Å². The van der Waals surface area contributed by atoms with E-state index in [-0.39, 0.29) is 12.1 Å². The lowest BCUT2D eigenvalue weighted by atomic mass is 10.2. The molecule has 1 unspecified atom stereocenters. The van der Waals surface area contributed by atoms with Crippen molar-refractivity contribution in [2.45, 2.75) is 19.5 Å². The van der Waals surface area contributed by atoms with Crippen LogP contribution in [0.1, 0.15) is 18.7 Å². The Morgan fingerprint density at radius 2 is 2.33 bits per heavy atom. The monoisotopic (exact) mass is 289 g/mol. The lowest BCUT2D eigenvalue weighted by Gasteiger charge is -2.13. The summed E-state index contributed by atoms with van der Waals surface area (Å²) in [5.74, 6) is 0. The molecule has 2 amide bonds. The van der Waals surface area contributed by atoms with Gasteiger partial charge in [-0.2, -0.15) is 5.10 Å². The number of amides is 2. The van der Waals surface area contributed by atoms with Gasteiger partial charge in [0.25, 0.3) is 0 Å². The van der Waals surface area contributed by atoms with Crippen LogP contribution in [0.2, 0.25) is 0 Å². The Morgan fingerprint density at radius 3 is 3.05 bits per heavy atom. The van der Waals surface area contributed by atoms with Gasteiger partial charge < -0.3 is 15.4 Å². The van der Waals surface area contributed by atoms with Gasteiger partial charge in [0, 0.05) is 19.5 Å². The summed E-state index contributed by atoms with van der Waals surface area (Å²) in [5, 5.41) is 9.69. The van der Waals surface area contributed by atoms with Crippen molar-refractivity contribution in [3.63, 3.8) is 0 Å². The molecular weight excluding hydrogens is 270 g/mol. The number of anilines is 1. The number of nitrogens with zero attached hydrogens (tertiary/aromatic N) is 3. The third kappa shape index (κ3) is 4.57. The zero-order valence-corrected chi connectivity index (χ0v) is 12.1. The Balaban J connectivity index is 1.85. The van der Waals surface area contributed by atoms with Gasteiger partial charge in [-0.05, 0) is 19.1 Å². The van der Waals surface area contributed by atoms with Gasteiger partial charge in [0.15, 0.2) is 0 Å². The van der Waals surface area contributed by atoms with Gasteiger partial charge in [-0.25, -0.2) is 4.79 Å². The fraction of sp³-hybridized carbons (Fsp3) is 0.357. The summed E-state index contributed by atoms with van der Waals surface area (Å²) in [6.45, 7) is 3.10. The smallest absolute Gasteiger partial charge is 0.319 e. The van der Waals surface area contributed by atoms with Crippen LogP contribution < -0.4 is 10.6 Å². The maximum atomic E-state index is 11.9. The maximum absolute atomic E-state index is 11.9. The second-order valence-corrected chi connectivity index (χ2v) is 4.56. The van der Waals surface area contributed by atoms with Crippen molar-refractivity contribution in [2.24, 2.45) is 0 Å².